The number of hydrogen-bond acceptors (Lipinski definition) is 2. The molecule has 0 saturated heterocycles. The fourth-order valence-electron chi connectivity index (χ4n) is 1.64. The molecule has 0 amide bonds. The summed E-state index contributed by atoms with van der Waals surface area (Å²) < 4.78 is 7.48. The molecule has 0 spiro atoms. The zero-order chi connectivity index (χ0) is 7.97. The molecule has 1 aliphatic rings. The van der Waals surface area contributed by atoms with Crippen molar-refractivity contribution in [1.29, 1.82) is 0 Å². The quantitative estimate of drug-likeness (QED) is 0.580. The van der Waals surface area contributed by atoms with Crippen LogP contribution in [0.5, 0.6) is 5.88 Å². The summed E-state index contributed by atoms with van der Waals surface area (Å²) in [5.74, 6) is 0.790. The van der Waals surface area contributed by atoms with Crippen LogP contribution in [0.1, 0.15) is 5.69 Å². The van der Waals surface area contributed by atoms with Crippen molar-refractivity contribution >= 4 is 5.52 Å². The molecule has 0 saturated carbocycles. The first kappa shape index (κ1) is 6.06. The van der Waals surface area contributed by atoms with E-state index < -0.39 is 0 Å². The zero-order valence-electron chi connectivity index (χ0n) is 6.53. The lowest BCUT2D eigenvalue weighted by Gasteiger charge is -2.00. The van der Waals surface area contributed by atoms with Gasteiger partial charge in [-0.05, 0) is 12.1 Å². The summed E-state index contributed by atoms with van der Waals surface area (Å²) in [5.41, 5.74) is 2.33. The van der Waals surface area contributed by atoms with Crippen LogP contribution in [-0.4, -0.2) is 16.0 Å². The van der Waals surface area contributed by atoms with Crippen molar-refractivity contribution < 1.29 is 4.74 Å². The Morgan fingerprint density at radius 1 is 1.50 bits per heavy atom. The lowest BCUT2D eigenvalue weighted by Crippen LogP contribution is -1.92. The van der Waals surface area contributed by atoms with Crippen molar-refractivity contribution in [2.75, 3.05) is 6.61 Å². The lowest BCUT2D eigenvalue weighted by atomic mass is 10.3. The standard InChI is InChI=1S/C9H8N2O/c1-2-7-6-10-9-8(3-5-12-9)11(7)4-1/h1-2,4,6H,3,5H2. The smallest absolute Gasteiger partial charge is 0.234 e. The van der Waals surface area contributed by atoms with Gasteiger partial charge < -0.3 is 9.14 Å². The minimum Gasteiger partial charge on any atom is -0.476 e. The SMILES string of the molecule is c1cc2cnc3c(n2c1)CCO3. The fraction of sp³-hybridized carbons (Fsp3) is 0.222. The molecule has 3 heteroatoms. The summed E-state index contributed by atoms with van der Waals surface area (Å²) in [6.07, 6.45) is 4.85. The highest BCUT2D eigenvalue weighted by Gasteiger charge is 2.15. The Bertz CT molecular complexity index is 433. The maximum absolute atomic E-state index is 5.34. The number of nitrogens with zero attached hydrogens (tertiary/aromatic N) is 2. The van der Waals surface area contributed by atoms with Gasteiger partial charge in [0.1, 0.15) is 0 Å². The van der Waals surface area contributed by atoms with E-state index in [1.54, 1.807) is 0 Å². The third kappa shape index (κ3) is 0.630. The molecular weight excluding hydrogens is 152 g/mol. The minimum absolute atomic E-state index is 0.764. The molecule has 0 unspecified atom stereocenters. The Morgan fingerprint density at radius 3 is 3.50 bits per heavy atom. The number of ether oxygens (including phenoxy) is 1. The Morgan fingerprint density at radius 2 is 2.50 bits per heavy atom. The summed E-state index contributed by atoms with van der Waals surface area (Å²) in [4.78, 5) is 4.22. The predicted octanol–water partition coefficient (Wildman–Crippen LogP) is 1.27. The van der Waals surface area contributed by atoms with Crippen molar-refractivity contribution in [2.24, 2.45) is 0 Å². The Kier molecular flexibility index (Phi) is 1.01. The van der Waals surface area contributed by atoms with E-state index in [0.717, 1.165) is 24.4 Å². The van der Waals surface area contributed by atoms with Crippen LogP contribution in [0.4, 0.5) is 0 Å². The molecule has 0 N–H and O–H groups in total. The average Bonchev–Trinajstić information content (AvgIpc) is 2.71. The monoisotopic (exact) mass is 160 g/mol. The summed E-state index contributed by atoms with van der Waals surface area (Å²) in [7, 11) is 0. The fourth-order valence-corrected chi connectivity index (χ4v) is 1.64. The molecule has 1 aliphatic heterocycles. The van der Waals surface area contributed by atoms with Crippen LogP contribution in [0.25, 0.3) is 5.52 Å². The van der Waals surface area contributed by atoms with Gasteiger partial charge in [0.25, 0.3) is 0 Å². The first-order chi connectivity index (χ1) is 5.95. The van der Waals surface area contributed by atoms with Gasteiger partial charge in [0.05, 0.1) is 24.0 Å². The summed E-state index contributed by atoms with van der Waals surface area (Å²) in [6, 6.07) is 4.07. The first-order valence-electron chi connectivity index (χ1n) is 4.03. The molecule has 3 rings (SSSR count). The third-order valence-corrected chi connectivity index (χ3v) is 2.21. The van der Waals surface area contributed by atoms with Crippen LogP contribution in [0.15, 0.2) is 24.5 Å². The third-order valence-electron chi connectivity index (χ3n) is 2.21. The molecule has 3 heterocycles. The van der Waals surface area contributed by atoms with Gasteiger partial charge in [-0.15, -0.1) is 0 Å². The highest BCUT2D eigenvalue weighted by molar-refractivity contribution is 5.49. The molecule has 12 heavy (non-hydrogen) atoms. The first-order valence-corrected chi connectivity index (χ1v) is 4.03. The Hall–Kier alpha value is -1.51. The topological polar surface area (TPSA) is 26.5 Å². The highest BCUT2D eigenvalue weighted by Crippen LogP contribution is 2.23. The van der Waals surface area contributed by atoms with E-state index in [9.17, 15) is 0 Å². The lowest BCUT2D eigenvalue weighted by molar-refractivity contribution is 0.345. The second-order valence-electron chi connectivity index (χ2n) is 2.91. The minimum atomic E-state index is 0.764. The van der Waals surface area contributed by atoms with Crippen LogP contribution in [-0.2, 0) is 6.42 Å². The normalized spacial score (nSPS) is 14.7. The van der Waals surface area contributed by atoms with Gasteiger partial charge in [0.2, 0.25) is 5.88 Å². The largest absolute Gasteiger partial charge is 0.476 e. The van der Waals surface area contributed by atoms with Gasteiger partial charge in [0, 0.05) is 12.6 Å². The summed E-state index contributed by atoms with van der Waals surface area (Å²) in [5, 5.41) is 0. The van der Waals surface area contributed by atoms with Crippen molar-refractivity contribution in [3.63, 3.8) is 0 Å². The second kappa shape index (κ2) is 2.00. The van der Waals surface area contributed by atoms with E-state index in [2.05, 4.69) is 9.38 Å². The van der Waals surface area contributed by atoms with Crippen LogP contribution in [0.2, 0.25) is 0 Å². The van der Waals surface area contributed by atoms with E-state index in [-0.39, 0.29) is 0 Å². The van der Waals surface area contributed by atoms with E-state index in [0.29, 0.717) is 0 Å². The van der Waals surface area contributed by atoms with Crippen LogP contribution in [0, 0.1) is 0 Å². The Labute approximate surface area is 69.6 Å². The molecular formula is C9H8N2O. The van der Waals surface area contributed by atoms with E-state index >= 15 is 0 Å². The second-order valence-corrected chi connectivity index (χ2v) is 2.91. The van der Waals surface area contributed by atoms with Crippen molar-refractivity contribution in [3.05, 3.63) is 30.2 Å². The Balaban J connectivity index is 2.46. The van der Waals surface area contributed by atoms with Crippen LogP contribution >= 0.6 is 0 Å². The molecule has 0 radical (unpaired) electrons. The van der Waals surface area contributed by atoms with E-state index in [4.69, 9.17) is 4.74 Å². The van der Waals surface area contributed by atoms with Crippen LogP contribution < -0.4 is 4.74 Å². The average molecular weight is 160 g/mol. The highest BCUT2D eigenvalue weighted by atomic mass is 16.5. The molecule has 0 aliphatic carbocycles. The maximum atomic E-state index is 5.34. The van der Waals surface area contributed by atoms with Crippen molar-refractivity contribution in [3.8, 4) is 5.88 Å². The number of rotatable bonds is 0. The van der Waals surface area contributed by atoms with Gasteiger partial charge >= 0.3 is 0 Å². The maximum Gasteiger partial charge on any atom is 0.234 e. The molecule has 3 nitrogen and oxygen atoms in total. The van der Waals surface area contributed by atoms with Crippen LogP contribution in [0.3, 0.4) is 0 Å². The molecule has 2 aromatic heterocycles. The van der Waals surface area contributed by atoms with E-state index in [1.165, 1.54) is 5.69 Å². The molecule has 60 valence electrons. The van der Waals surface area contributed by atoms with Gasteiger partial charge in [-0.3, -0.25) is 0 Å². The van der Waals surface area contributed by atoms with Crippen molar-refractivity contribution in [2.45, 2.75) is 6.42 Å². The number of hydrogen-bond donors (Lipinski definition) is 0. The molecule has 0 aromatic carbocycles. The predicted molar refractivity (Wildman–Crippen MR) is 44.4 cm³/mol. The van der Waals surface area contributed by atoms with Gasteiger partial charge in [-0.1, -0.05) is 0 Å². The number of fused-ring (bicyclic) bond motifs is 3. The van der Waals surface area contributed by atoms with E-state index in [1.807, 2.05) is 24.5 Å². The number of aromatic nitrogens is 2. The van der Waals surface area contributed by atoms with Gasteiger partial charge in [-0.2, -0.15) is 0 Å². The molecule has 2 aromatic rings. The van der Waals surface area contributed by atoms with Crippen molar-refractivity contribution in [1.82, 2.24) is 9.38 Å². The molecule has 0 atom stereocenters. The summed E-state index contributed by atoms with van der Waals surface area (Å²) in [6.45, 7) is 0.764. The molecule has 0 bridgehead atoms. The van der Waals surface area contributed by atoms with Gasteiger partial charge in [0.15, 0.2) is 0 Å². The zero-order valence-corrected chi connectivity index (χ0v) is 6.53. The van der Waals surface area contributed by atoms with Gasteiger partial charge in [-0.25, -0.2) is 4.98 Å². The molecule has 0 fully saturated rings. The summed E-state index contributed by atoms with van der Waals surface area (Å²) >= 11 is 0.